The molecule has 40 heavy (non-hydrogen) atoms. The van der Waals surface area contributed by atoms with Gasteiger partial charge in [-0.25, -0.2) is 4.68 Å². The highest BCUT2D eigenvalue weighted by Gasteiger charge is 2.43. The van der Waals surface area contributed by atoms with Gasteiger partial charge in [-0.1, -0.05) is 23.4 Å². The minimum atomic E-state index is -0.411. The van der Waals surface area contributed by atoms with Gasteiger partial charge in [-0.2, -0.15) is 5.10 Å². The highest BCUT2D eigenvalue weighted by atomic mass is 16.5. The van der Waals surface area contributed by atoms with Crippen LogP contribution in [0.1, 0.15) is 41.9 Å². The molecule has 0 saturated carbocycles. The van der Waals surface area contributed by atoms with Crippen molar-refractivity contribution in [3.63, 3.8) is 0 Å². The number of hydrogen-bond acceptors (Lipinski definition) is 7. The van der Waals surface area contributed by atoms with E-state index in [1.54, 1.807) is 11.8 Å². The Hall–Kier alpha value is -4.05. The number of Topliss-reactive ketones (excluding diaryl/α,β-unsaturated/α-hetero) is 1. The first-order chi connectivity index (χ1) is 19.5. The molecule has 2 aliphatic heterocycles. The van der Waals surface area contributed by atoms with Gasteiger partial charge in [0.1, 0.15) is 11.3 Å². The summed E-state index contributed by atoms with van der Waals surface area (Å²) in [5.41, 5.74) is 5.12. The lowest BCUT2D eigenvalue weighted by Gasteiger charge is -2.27. The maximum absolute atomic E-state index is 13.8. The molecule has 208 valence electrons. The van der Waals surface area contributed by atoms with E-state index in [0.29, 0.717) is 32.2 Å². The van der Waals surface area contributed by atoms with E-state index in [1.165, 1.54) is 5.56 Å². The number of likely N-dealkylation sites (tertiary alicyclic amines) is 1. The molecule has 4 atom stereocenters. The number of ketones is 1. The van der Waals surface area contributed by atoms with Crippen molar-refractivity contribution < 1.29 is 14.3 Å². The van der Waals surface area contributed by atoms with Crippen molar-refractivity contribution in [2.75, 3.05) is 20.2 Å². The van der Waals surface area contributed by atoms with E-state index in [2.05, 4.69) is 38.0 Å². The van der Waals surface area contributed by atoms with E-state index in [-0.39, 0.29) is 29.6 Å². The van der Waals surface area contributed by atoms with Crippen molar-refractivity contribution in [3.8, 4) is 5.75 Å². The first-order valence-electron chi connectivity index (χ1n) is 13.9. The van der Waals surface area contributed by atoms with Gasteiger partial charge in [0, 0.05) is 38.7 Å². The molecule has 2 fully saturated rings. The van der Waals surface area contributed by atoms with Gasteiger partial charge in [0.2, 0.25) is 5.91 Å². The predicted octanol–water partition coefficient (Wildman–Crippen LogP) is 2.81. The number of methoxy groups -OCH3 is 1. The SMILES string of the molecule is COc1ccc(C[C@@H]2C[C@@H](C(=O)CCc3ccc4c(c3)nnn4C)N(C(=O)[C@H]3CC(c4cn[nH]c4)CN3)C2)cc1. The van der Waals surface area contributed by atoms with Crippen LogP contribution in [-0.2, 0) is 29.5 Å². The summed E-state index contributed by atoms with van der Waals surface area (Å²) in [6.45, 7) is 1.31. The van der Waals surface area contributed by atoms with Crippen LogP contribution in [0.3, 0.4) is 0 Å². The number of aryl methyl sites for hydroxylation is 2. The van der Waals surface area contributed by atoms with Gasteiger partial charge in [-0.05, 0) is 72.6 Å². The standard InChI is InChI=1S/C30H35N7O3/c1-36-27-9-5-20(12-25(27)34-35-36)6-10-29(38)28-13-21(11-19-3-7-24(40-2)8-4-19)18-37(28)30(39)26-14-22(15-31-26)23-16-32-33-17-23/h3-5,7-9,12,16-17,21-22,26,28,31H,6,10-11,13-15,18H2,1-2H3,(H,32,33)/t21-,22?,26-,28+/m1/s1. The fourth-order valence-corrected chi connectivity index (χ4v) is 6.25. The summed E-state index contributed by atoms with van der Waals surface area (Å²) in [5, 5.41) is 18.6. The third-order valence-electron chi connectivity index (χ3n) is 8.48. The number of ether oxygens (including phenoxy) is 1. The van der Waals surface area contributed by atoms with Crippen LogP contribution in [0, 0.1) is 5.92 Å². The molecule has 0 spiro atoms. The molecule has 0 bridgehead atoms. The van der Waals surface area contributed by atoms with Gasteiger partial charge in [0.25, 0.3) is 0 Å². The monoisotopic (exact) mass is 541 g/mol. The molecule has 10 nitrogen and oxygen atoms in total. The fraction of sp³-hybridized carbons (Fsp3) is 0.433. The van der Waals surface area contributed by atoms with Crippen LogP contribution in [0.25, 0.3) is 11.0 Å². The van der Waals surface area contributed by atoms with E-state index in [0.717, 1.165) is 40.9 Å². The number of carbonyl (C=O) groups is 2. The number of hydrogen-bond donors (Lipinski definition) is 2. The molecular formula is C30H35N7O3. The largest absolute Gasteiger partial charge is 0.497 e. The molecule has 4 aromatic rings. The average Bonchev–Trinajstić information content (AvgIpc) is 3.79. The molecule has 2 aromatic heterocycles. The van der Waals surface area contributed by atoms with Crippen molar-refractivity contribution in [2.24, 2.45) is 13.0 Å². The van der Waals surface area contributed by atoms with E-state index in [1.807, 2.05) is 54.7 Å². The van der Waals surface area contributed by atoms with Crippen molar-refractivity contribution in [1.29, 1.82) is 0 Å². The fourth-order valence-electron chi connectivity index (χ4n) is 6.25. The van der Waals surface area contributed by atoms with Crippen LogP contribution in [0.4, 0.5) is 0 Å². The Kier molecular flexibility index (Phi) is 7.34. The molecule has 1 amide bonds. The summed E-state index contributed by atoms with van der Waals surface area (Å²) in [4.78, 5) is 29.4. The number of nitrogens with zero attached hydrogens (tertiary/aromatic N) is 5. The van der Waals surface area contributed by atoms with Crippen molar-refractivity contribution in [2.45, 2.75) is 50.1 Å². The highest BCUT2D eigenvalue weighted by Crippen LogP contribution is 2.32. The summed E-state index contributed by atoms with van der Waals surface area (Å²) in [6.07, 6.45) is 6.91. The van der Waals surface area contributed by atoms with Gasteiger partial charge in [0.05, 0.1) is 30.9 Å². The van der Waals surface area contributed by atoms with E-state index in [9.17, 15) is 9.59 Å². The first-order valence-corrected chi connectivity index (χ1v) is 13.9. The van der Waals surface area contributed by atoms with Crippen LogP contribution in [0.5, 0.6) is 5.75 Å². The van der Waals surface area contributed by atoms with E-state index < -0.39 is 6.04 Å². The zero-order chi connectivity index (χ0) is 27.6. The van der Waals surface area contributed by atoms with Crippen LogP contribution in [-0.4, -0.2) is 74.1 Å². The Morgan fingerprint density at radius 1 is 1.10 bits per heavy atom. The van der Waals surface area contributed by atoms with E-state index in [4.69, 9.17) is 4.74 Å². The van der Waals surface area contributed by atoms with E-state index >= 15 is 0 Å². The van der Waals surface area contributed by atoms with Gasteiger partial charge in [-0.15, -0.1) is 5.10 Å². The Bertz CT molecular complexity index is 1480. The second kappa shape index (κ2) is 11.2. The summed E-state index contributed by atoms with van der Waals surface area (Å²) < 4.78 is 7.04. The molecule has 4 heterocycles. The zero-order valence-corrected chi connectivity index (χ0v) is 22.9. The third-order valence-corrected chi connectivity index (χ3v) is 8.48. The third kappa shape index (κ3) is 5.36. The maximum atomic E-state index is 13.8. The zero-order valence-electron chi connectivity index (χ0n) is 22.9. The van der Waals surface area contributed by atoms with Gasteiger partial charge in [0.15, 0.2) is 5.78 Å². The molecule has 2 aliphatic rings. The summed E-state index contributed by atoms with van der Waals surface area (Å²) in [5.74, 6) is 1.42. The molecule has 0 aliphatic carbocycles. The number of rotatable bonds is 9. The Morgan fingerprint density at radius 2 is 1.93 bits per heavy atom. The lowest BCUT2D eigenvalue weighted by molar-refractivity contribution is -0.139. The summed E-state index contributed by atoms with van der Waals surface area (Å²) in [6, 6.07) is 13.4. The predicted molar refractivity (Wildman–Crippen MR) is 150 cm³/mol. The molecule has 2 N–H and O–H groups in total. The molecular weight excluding hydrogens is 506 g/mol. The molecule has 1 unspecified atom stereocenters. The van der Waals surface area contributed by atoms with Crippen molar-refractivity contribution >= 4 is 22.7 Å². The first kappa shape index (κ1) is 26.2. The number of aromatic amines is 1. The number of fused-ring (bicyclic) bond motifs is 1. The number of H-pyrrole nitrogens is 1. The normalized spacial score (nSPS) is 22.7. The second-order valence-electron chi connectivity index (χ2n) is 11.1. The van der Waals surface area contributed by atoms with Crippen molar-refractivity contribution in [3.05, 3.63) is 71.5 Å². The van der Waals surface area contributed by atoms with Gasteiger partial charge < -0.3 is 15.0 Å². The minimum Gasteiger partial charge on any atom is -0.497 e. The quantitative estimate of drug-likeness (QED) is 0.335. The van der Waals surface area contributed by atoms with Crippen LogP contribution < -0.4 is 10.1 Å². The van der Waals surface area contributed by atoms with Gasteiger partial charge >= 0.3 is 0 Å². The highest BCUT2D eigenvalue weighted by molar-refractivity contribution is 5.92. The molecule has 6 rings (SSSR count). The number of benzene rings is 2. The van der Waals surface area contributed by atoms with Gasteiger partial charge in [-0.3, -0.25) is 14.7 Å². The number of nitrogens with one attached hydrogen (secondary N) is 2. The number of aromatic nitrogens is 5. The molecule has 10 heteroatoms. The number of amides is 1. The average molecular weight is 542 g/mol. The molecule has 2 aromatic carbocycles. The summed E-state index contributed by atoms with van der Waals surface area (Å²) >= 11 is 0. The van der Waals surface area contributed by atoms with Crippen LogP contribution >= 0.6 is 0 Å². The lowest BCUT2D eigenvalue weighted by Crippen LogP contribution is -2.48. The van der Waals surface area contributed by atoms with Crippen molar-refractivity contribution in [1.82, 2.24) is 35.4 Å². The maximum Gasteiger partial charge on any atom is 0.240 e. The minimum absolute atomic E-state index is 0.0301. The van der Waals surface area contributed by atoms with Crippen LogP contribution in [0.15, 0.2) is 54.9 Å². The smallest absolute Gasteiger partial charge is 0.240 e. The molecule has 2 saturated heterocycles. The Balaban J connectivity index is 1.16. The number of carbonyl (C=O) groups excluding carboxylic acids is 2. The topological polar surface area (TPSA) is 118 Å². The van der Waals surface area contributed by atoms with Crippen LogP contribution in [0.2, 0.25) is 0 Å². The summed E-state index contributed by atoms with van der Waals surface area (Å²) in [7, 11) is 3.52. The molecule has 0 radical (unpaired) electrons. The Labute approximate surface area is 233 Å². The second-order valence-corrected chi connectivity index (χ2v) is 11.1. The lowest BCUT2D eigenvalue weighted by atomic mass is 9.94. The Morgan fingerprint density at radius 3 is 2.70 bits per heavy atom.